The fraction of sp³-hybridized carbons (Fsp3) is 0.200. The van der Waals surface area contributed by atoms with E-state index >= 15 is 0 Å². The molecule has 0 radical (unpaired) electrons. The minimum Gasteiger partial charge on any atom is -0.347 e. The van der Waals surface area contributed by atoms with E-state index < -0.39 is 11.5 Å². The molecule has 9 heteroatoms. The van der Waals surface area contributed by atoms with Crippen molar-refractivity contribution < 1.29 is 4.79 Å². The van der Waals surface area contributed by atoms with Gasteiger partial charge in [0.05, 0.1) is 6.54 Å². The molecular formula is C15H15N7O2. The lowest BCUT2D eigenvalue weighted by Gasteiger charge is -2.13. The number of carbonyl (C=O) groups excluding carboxylic acids is 1. The number of pyridine rings is 1. The van der Waals surface area contributed by atoms with Gasteiger partial charge in [0, 0.05) is 18.4 Å². The van der Waals surface area contributed by atoms with Gasteiger partial charge in [0.1, 0.15) is 23.9 Å². The molecule has 0 fully saturated rings. The second-order valence-corrected chi connectivity index (χ2v) is 5.18. The highest BCUT2D eigenvalue weighted by molar-refractivity contribution is 5.93. The normalized spacial score (nSPS) is 11.9. The Labute approximate surface area is 136 Å². The van der Waals surface area contributed by atoms with E-state index in [1.165, 1.54) is 12.5 Å². The van der Waals surface area contributed by atoms with Crippen LogP contribution in [0.15, 0.2) is 48.0 Å². The Kier molecular flexibility index (Phi) is 4.41. The largest absolute Gasteiger partial charge is 0.347 e. The summed E-state index contributed by atoms with van der Waals surface area (Å²) in [5.41, 5.74) is -0.0441. The summed E-state index contributed by atoms with van der Waals surface area (Å²) in [6.07, 6.45) is 5.82. The minimum absolute atomic E-state index is 0.0554. The number of aromatic nitrogens is 6. The lowest BCUT2D eigenvalue weighted by molar-refractivity contribution is 0.0934. The first kappa shape index (κ1) is 15.5. The molecule has 0 saturated heterocycles. The van der Waals surface area contributed by atoms with Crippen LogP contribution in [-0.2, 0) is 6.54 Å². The maximum atomic E-state index is 12.2. The van der Waals surface area contributed by atoms with E-state index in [0.29, 0.717) is 18.1 Å². The van der Waals surface area contributed by atoms with Crippen molar-refractivity contribution in [3.8, 4) is 11.5 Å². The van der Waals surface area contributed by atoms with Crippen molar-refractivity contribution in [2.45, 2.75) is 19.5 Å². The number of carbonyl (C=O) groups is 1. The van der Waals surface area contributed by atoms with Crippen molar-refractivity contribution in [1.29, 1.82) is 0 Å². The first-order valence-electron chi connectivity index (χ1n) is 7.27. The Bertz CT molecular complexity index is 874. The zero-order valence-corrected chi connectivity index (χ0v) is 12.9. The van der Waals surface area contributed by atoms with Gasteiger partial charge in [-0.3, -0.25) is 19.3 Å². The summed E-state index contributed by atoms with van der Waals surface area (Å²) in [4.78, 5) is 39.0. The monoisotopic (exact) mass is 325 g/mol. The Hall–Kier alpha value is -3.36. The molecule has 2 N–H and O–H groups in total. The molecular weight excluding hydrogens is 310 g/mol. The van der Waals surface area contributed by atoms with E-state index in [-0.39, 0.29) is 11.6 Å². The maximum absolute atomic E-state index is 12.2. The van der Waals surface area contributed by atoms with E-state index in [0.717, 1.165) is 0 Å². The van der Waals surface area contributed by atoms with Crippen LogP contribution in [0, 0.1) is 0 Å². The number of nitrogens with one attached hydrogen (secondary N) is 2. The molecule has 9 nitrogen and oxygen atoms in total. The average molecular weight is 325 g/mol. The molecule has 0 aliphatic heterocycles. The topological polar surface area (TPSA) is 118 Å². The van der Waals surface area contributed by atoms with Crippen LogP contribution in [0.2, 0.25) is 0 Å². The number of H-pyrrole nitrogens is 1. The maximum Gasteiger partial charge on any atom is 0.264 e. The van der Waals surface area contributed by atoms with Crippen LogP contribution >= 0.6 is 0 Å². The Morgan fingerprint density at radius 3 is 2.92 bits per heavy atom. The predicted octanol–water partition coefficient (Wildman–Crippen LogP) is 0.242. The fourth-order valence-corrected chi connectivity index (χ4v) is 2.14. The summed E-state index contributed by atoms with van der Waals surface area (Å²) in [5, 5.41) is 6.70. The van der Waals surface area contributed by atoms with Gasteiger partial charge in [0.25, 0.3) is 11.5 Å². The summed E-state index contributed by atoms with van der Waals surface area (Å²) in [6, 6.07) is 5.04. The van der Waals surface area contributed by atoms with E-state index in [4.69, 9.17) is 0 Å². The van der Waals surface area contributed by atoms with E-state index in [1.54, 1.807) is 35.4 Å². The van der Waals surface area contributed by atoms with Crippen LogP contribution in [0.25, 0.3) is 11.5 Å². The van der Waals surface area contributed by atoms with Crippen molar-refractivity contribution in [2.24, 2.45) is 0 Å². The number of rotatable bonds is 5. The average Bonchev–Trinajstić information content (AvgIpc) is 3.08. The minimum atomic E-state index is -0.517. The van der Waals surface area contributed by atoms with Crippen LogP contribution in [0.1, 0.15) is 17.3 Å². The van der Waals surface area contributed by atoms with Gasteiger partial charge in [-0.15, -0.1) is 0 Å². The summed E-state index contributed by atoms with van der Waals surface area (Å²) in [7, 11) is 0. The first-order valence-corrected chi connectivity index (χ1v) is 7.27. The molecule has 3 heterocycles. The molecule has 24 heavy (non-hydrogen) atoms. The molecule has 3 aromatic heterocycles. The van der Waals surface area contributed by atoms with Gasteiger partial charge in [-0.05, 0) is 19.1 Å². The van der Waals surface area contributed by atoms with Gasteiger partial charge in [0.2, 0.25) is 0 Å². The quantitative estimate of drug-likeness (QED) is 0.694. The molecule has 0 spiro atoms. The second kappa shape index (κ2) is 6.82. The number of nitrogens with zero attached hydrogens (tertiary/aromatic N) is 5. The fourth-order valence-electron chi connectivity index (χ4n) is 2.14. The third-order valence-corrected chi connectivity index (χ3v) is 3.26. The van der Waals surface area contributed by atoms with Crippen molar-refractivity contribution in [1.82, 2.24) is 35.0 Å². The SMILES string of the molecule is CC(Cn1cncn1)NC(=O)c1cnc(-c2ccccn2)[nH]c1=O. The van der Waals surface area contributed by atoms with Crippen molar-refractivity contribution in [3.63, 3.8) is 0 Å². The van der Waals surface area contributed by atoms with E-state index in [2.05, 4.69) is 30.4 Å². The molecule has 0 bridgehead atoms. The van der Waals surface area contributed by atoms with E-state index in [9.17, 15) is 9.59 Å². The molecule has 0 aliphatic carbocycles. The van der Waals surface area contributed by atoms with Crippen LogP contribution < -0.4 is 10.9 Å². The number of aromatic amines is 1. The smallest absolute Gasteiger partial charge is 0.264 e. The number of hydrogen-bond acceptors (Lipinski definition) is 6. The third kappa shape index (κ3) is 3.51. The van der Waals surface area contributed by atoms with Crippen molar-refractivity contribution in [2.75, 3.05) is 0 Å². The molecule has 3 rings (SSSR count). The third-order valence-electron chi connectivity index (χ3n) is 3.26. The molecule has 0 aliphatic rings. The number of amides is 1. The summed E-state index contributed by atoms with van der Waals surface area (Å²) in [6.45, 7) is 2.26. The molecule has 1 amide bonds. The molecule has 122 valence electrons. The molecule has 3 aromatic rings. The highest BCUT2D eigenvalue weighted by atomic mass is 16.2. The van der Waals surface area contributed by atoms with Gasteiger partial charge in [-0.2, -0.15) is 5.10 Å². The van der Waals surface area contributed by atoms with Gasteiger partial charge in [-0.25, -0.2) is 9.97 Å². The molecule has 1 atom stereocenters. The lowest BCUT2D eigenvalue weighted by atomic mass is 10.2. The van der Waals surface area contributed by atoms with Crippen LogP contribution in [0.5, 0.6) is 0 Å². The lowest BCUT2D eigenvalue weighted by Crippen LogP contribution is -2.38. The predicted molar refractivity (Wildman–Crippen MR) is 85.0 cm³/mol. The van der Waals surface area contributed by atoms with Gasteiger partial charge < -0.3 is 10.3 Å². The summed E-state index contributed by atoms with van der Waals surface area (Å²) < 4.78 is 1.59. The summed E-state index contributed by atoms with van der Waals surface area (Å²) >= 11 is 0. The molecule has 0 saturated carbocycles. The van der Waals surface area contributed by atoms with Crippen molar-refractivity contribution >= 4 is 5.91 Å². The number of hydrogen-bond donors (Lipinski definition) is 2. The highest BCUT2D eigenvalue weighted by Gasteiger charge is 2.15. The Morgan fingerprint density at radius 1 is 1.38 bits per heavy atom. The van der Waals surface area contributed by atoms with Gasteiger partial charge in [0.15, 0.2) is 5.82 Å². The summed E-state index contributed by atoms with van der Waals surface area (Å²) in [5.74, 6) is -0.184. The standard InChI is InChI=1S/C15H15N7O2/c1-10(7-22-9-16-8-19-22)20-14(23)11-6-18-13(21-15(11)24)12-4-2-3-5-17-12/h2-6,8-10H,7H2,1H3,(H,20,23)(H,18,21,24). The van der Waals surface area contributed by atoms with E-state index in [1.807, 2.05) is 6.92 Å². The highest BCUT2D eigenvalue weighted by Crippen LogP contribution is 2.08. The zero-order valence-electron chi connectivity index (χ0n) is 12.9. The van der Waals surface area contributed by atoms with Gasteiger partial charge >= 0.3 is 0 Å². The van der Waals surface area contributed by atoms with Crippen LogP contribution in [-0.4, -0.2) is 41.7 Å². The Balaban J connectivity index is 1.72. The Morgan fingerprint density at radius 2 is 2.25 bits per heavy atom. The van der Waals surface area contributed by atoms with Crippen LogP contribution in [0.3, 0.4) is 0 Å². The first-order chi connectivity index (χ1) is 11.6. The second-order valence-electron chi connectivity index (χ2n) is 5.18. The van der Waals surface area contributed by atoms with Crippen molar-refractivity contribution in [3.05, 3.63) is 59.2 Å². The molecule has 1 unspecified atom stereocenters. The van der Waals surface area contributed by atoms with Gasteiger partial charge in [-0.1, -0.05) is 6.07 Å². The zero-order chi connectivity index (χ0) is 16.9. The van der Waals surface area contributed by atoms with Crippen LogP contribution in [0.4, 0.5) is 0 Å². The molecule has 0 aromatic carbocycles.